The number of benzene rings is 2. The number of amides is 2. The summed E-state index contributed by atoms with van der Waals surface area (Å²) in [5.74, 6) is -0.0779. The molecule has 10 nitrogen and oxygen atoms in total. The van der Waals surface area contributed by atoms with E-state index in [0.29, 0.717) is 31.7 Å². The Kier molecular flexibility index (Phi) is 8.52. The second-order valence-electron chi connectivity index (χ2n) is 7.51. The molecule has 0 aliphatic heterocycles. The predicted molar refractivity (Wildman–Crippen MR) is 143 cm³/mol. The van der Waals surface area contributed by atoms with Gasteiger partial charge in [-0.3, -0.25) is 9.59 Å². The molecule has 0 atom stereocenters. The molecule has 2 heterocycles. The molecule has 186 valence electrons. The zero-order chi connectivity index (χ0) is 25.7. The van der Waals surface area contributed by atoms with Gasteiger partial charge in [0.05, 0.1) is 32.9 Å². The zero-order valence-electron chi connectivity index (χ0n) is 19.1. The summed E-state index contributed by atoms with van der Waals surface area (Å²) in [7, 11) is 3.62. The third kappa shape index (κ3) is 6.58. The summed E-state index contributed by atoms with van der Waals surface area (Å²) in [5, 5.41) is 23.1. The van der Waals surface area contributed by atoms with Gasteiger partial charge in [0.2, 0.25) is 11.8 Å². The highest BCUT2D eigenvalue weighted by molar-refractivity contribution is 8.00. The molecule has 4 rings (SSSR count). The van der Waals surface area contributed by atoms with E-state index in [2.05, 4.69) is 31.0 Å². The molecule has 0 unspecified atom stereocenters. The summed E-state index contributed by atoms with van der Waals surface area (Å²) >= 11 is 15.4. The molecular formula is C22H20Cl2N8O2S2. The number of carbonyl (C=O) groups is 2. The number of carbonyl (C=O) groups excluding carboxylic acids is 2. The lowest BCUT2D eigenvalue weighted by atomic mass is 10.0. The van der Waals surface area contributed by atoms with E-state index >= 15 is 0 Å². The van der Waals surface area contributed by atoms with Crippen LogP contribution in [0.5, 0.6) is 0 Å². The largest absolute Gasteiger partial charge is 0.324 e. The summed E-state index contributed by atoms with van der Waals surface area (Å²) in [4.78, 5) is 24.6. The van der Waals surface area contributed by atoms with Crippen LogP contribution in [0, 0.1) is 0 Å². The zero-order valence-corrected chi connectivity index (χ0v) is 22.3. The Bertz CT molecular complexity index is 1300. The molecule has 0 aliphatic rings. The van der Waals surface area contributed by atoms with Crippen LogP contribution in [-0.2, 0) is 23.7 Å². The van der Waals surface area contributed by atoms with Gasteiger partial charge < -0.3 is 19.8 Å². The summed E-state index contributed by atoms with van der Waals surface area (Å²) in [6.45, 7) is 0. The van der Waals surface area contributed by atoms with Crippen molar-refractivity contribution in [1.82, 2.24) is 29.5 Å². The van der Waals surface area contributed by atoms with Crippen molar-refractivity contribution in [3.05, 3.63) is 59.1 Å². The maximum Gasteiger partial charge on any atom is 0.234 e. The second-order valence-corrected chi connectivity index (χ2v) is 10.2. The number of hydrogen-bond acceptors (Lipinski definition) is 8. The van der Waals surface area contributed by atoms with Gasteiger partial charge in [-0.1, -0.05) is 58.9 Å². The third-order valence-electron chi connectivity index (χ3n) is 4.82. The molecule has 36 heavy (non-hydrogen) atoms. The molecule has 0 fully saturated rings. The Labute approximate surface area is 225 Å². The quantitative estimate of drug-likeness (QED) is 0.288. The van der Waals surface area contributed by atoms with Crippen LogP contribution in [0.25, 0.3) is 11.1 Å². The average Bonchev–Trinajstić information content (AvgIpc) is 3.46. The Hall–Kier alpha value is -3.06. The smallest absolute Gasteiger partial charge is 0.234 e. The molecule has 14 heteroatoms. The van der Waals surface area contributed by atoms with Crippen LogP contribution in [0.4, 0.5) is 11.4 Å². The lowest BCUT2D eigenvalue weighted by molar-refractivity contribution is -0.114. The summed E-state index contributed by atoms with van der Waals surface area (Å²) in [5.41, 5.74) is 2.62. The van der Waals surface area contributed by atoms with E-state index < -0.39 is 0 Å². The van der Waals surface area contributed by atoms with Crippen LogP contribution in [0.3, 0.4) is 0 Å². The van der Waals surface area contributed by atoms with Crippen molar-refractivity contribution in [1.29, 1.82) is 0 Å². The summed E-state index contributed by atoms with van der Waals surface area (Å²) < 4.78 is 3.47. The Morgan fingerprint density at radius 1 is 0.778 bits per heavy atom. The summed E-state index contributed by atoms with van der Waals surface area (Å²) in [6.07, 6.45) is 3.15. The molecule has 0 bridgehead atoms. The molecule has 0 saturated heterocycles. The Balaban J connectivity index is 1.35. The summed E-state index contributed by atoms with van der Waals surface area (Å²) in [6, 6.07) is 10.6. The molecule has 0 saturated carbocycles. The first-order valence-electron chi connectivity index (χ1n) is 10.4. The first-order chi connectivity index (χ1) is 17.3. The van der Waals surface area contributed by atoms with E-state index in [4.69, 9.17) is 23.2 Å². The first kappa shape index (κ1) is 26.0. The number of halogens is 2. The van der Waals surface area contributed by atoms with E-state index in [-0.39, 0.29) is 23.3 Å². The average molecular weight is 563 g/mol. The number of thioether (sulfide) groups is 2. The Morgan fingerprint density at radius 3 is 1.53 bits per heavy atom. The fourth-order valence-electron chi connectivity index (χ4n) is 3.03. The van der Waals surface area contributed by atoms with E-state index in [0.717, 1.165) is 11.1 Å². The van der Waals surface area contributed by atoms with Gasteiger partial charge in [-0.25, -0.2) is 0 Å². The van der Waals surface area contributed by atoms with Crippen molar-refractivity contribution in [2.24, 2.45) is 14.1 Å². The van der Waals surface area contributed by atoms with Crippen molar-refractivity contribution >= 4 is 69.9 Å². The van der Waals surface area contributed by atoms with Gasteiger partial charge in [0.15, 0.2) is 10.3 Å². The fraction of sp³-hybridized carbons (Fsp3) is 0.182. The minimum absolute atomic E-state index is 0.171. The van der Waals surface area contributed by atoms with Gasteiger partial charge in [0.1, 0.15) is 12.7 Å². The van der Waals surface area contributed by atoms with Crippen LogP contribution in [0.1, 0.15) is 0 Å². The number of hydrogen-bond donors (Lipinski definition) is 2. The van der Waals surface area contributed by atoms with Crippen molar-refractivity contribution in [2.45, 2.75) is 10.3 Å². The minimum Gasteiger partial charge on any atom is -0.324 e. The van der Waals surface area contributed by atoms with Crippen molar-refractivity contribution in [3.8, 4) is 11.1 Å². The molecule has 4 aromatic rings. The van der Waals surface area contributed by atoms with Crippen LogP contribution in [0.15, 0.2) is 59.4 Å². The van der Waals surface area contributed by atoms with Crippen LogP contribution in [0.2, 0.25) is 10.0 Å². The van der Waals surface area contributed by atoms with E-state index in [1.807, 2.05) is 26.2 Å². The number of nitrogens with one attached hydrogen (secondary N) is 2. The monoisotopic (exact) mass is 562 g/mol. The molecule has 0 radical (unpaired) electrons. The maximum absolute atomic E-state index is 12.3. The highest BCUT2D eigenvalue weighted by Gasteiger charge is 2.13. The van der Waals surface area contributed by atoms with Crippen LogP contribution >= 0.6 is 46.7 Å². The van der Waals surface area contributed by atoms with E-state index in [9.17, 15) is 9.59 Å². The molecule has 2 N–H and O–H groups in total. The number of nitrogens with zero attached hydrogens (tertiary/aromatic N) is 6. The standard InChI is InChI=1S/C22H20Cl2N8O2S2/c1-31-11-25-29-21(31)35-9-19(33)27-17-5-3-13(7-15(17)23)14-4-6-18(16(24)8-14)28-20(34)10-36-22-30-26-12-32(22)2/h3-8,11-12H,9-10H2,1-2H3,(H,27,33)(H,28,34). The van der Waals surface area contributed by atoms with Crippen molar-refractivity contribution in [3.63, 3.8) is 0 Å². The highest BCUT2D eigenvalue weighted by atomic mass is 35.5. The first-order valence-corrected chi connectivity index (χ1v) is 13.2. The molecule has 2 aromatic carbocycles. The van der Waals surface area contributed by atoms with Crippen LogP contribution in [-0.4, -0.2) is 52.8 Å². The van der Waals surface area contributed by atoms with E-state index in [1.54, 1.807) is 46.1 Å². The molecule has 2 aromatic heterocycles. The molecule has 2 amide bonds. The van der Waals surface area contributed by atoms with Crippen LogP contribution < -0.4 is 10.6 Å². The number of aryl methyl sites for hydroxylation is 2. The van der Waals surface area contributed by atoms with Gasteiger partial charge in [-0.2, -0.15) is 0 Å². The fourth-order valence-corrected chi connectivity index (χ4v) is 4.86. The molecule has 0 aliphatic carbocycles. The normalized spacial score (nSPS) is 10.9. The Morgan fingerprint density at radius 2 is 1.19 bits per heavy atom. The lowest BCUT2D eigenvalue weighted by Gasteiger charge is -2.11. The van der Waals surface area contributed by atoms with Gasteiger partial charge in [-0.15, -0.1) is 20.4 Å². The topological polar surface area (TPSA) is 120 Å². The third-order valence-corrected chi connectivity index (χ3v) is 7.52. The SMILES string of the molecule is Cn1cnnc1SCC(=O)Nc1ccc(-c2ccc(NC(=O)CSc3nncn3C)c(Cl)c2)cc1Cl. The van der Waals surface area contributed by atoms with Gasteiger partial charge in [0, 0.05) is 14.1 Å². The van der Waals surface area contributed by atoms with Gasteiger partial charge in [-0.05, 0) is 35.4 Å². The highest BCUT2D eigenvalue weighted by Crippen LogP contribution is 2.33. The number of rotatable bonds is 9. The van der Waals surface area contributed by atoms with Crippen molar-refractivity contribution in [2.75, 3.05) is 22.1 Å². The van der Waals surface area contributed by atoms with Crippen molar-refractivity contribution < 1.29 is 9.59 Å². The van der Waals surface area contributed by atoms with Gasteiger partial charge >= 0.3 is 0 Å². The second kappa shape index (κ2) is 11.8. The number of aromatic nitrogens is 6. The van der Waals surface area contributed by atoms with E-state index in [1.165, 1.54) is 23.5 Å². The maximum atomic E-state index is 12.3. The minimum atomic E-state index is -0.210. The lowest BCUT2D eigenvalue weighted by Crippen LogP contribution is -2.15. The van der Waals surface area contributed by atoms with Gasteiger partial charge in [0.25, 0.3) is 0 Å². The number of anilines is 2. The molecule has 0 spiro atoms. The predicted octanol–water partition coefficient (Wildman–Crippen LogP) is 4.38. The molecular weight excluding hydrogens is 543 g/mol.